The van der Waals surface area contributed by atoms with Crippen LogP contribution in [0.2, 0.25) is 0 Å². The fourth-order valence-corrected chi connectivity index (χ4v) is 3.20. The molecule has 1 aliphatic rings. The van der Waals surface area contributed by atoms with Gasteiger partial charge >= 0.3 is 5.97 Å². The normalized spacial score (nSPS) is 18.7. The summed E-state index contributed by atoms with van der Waals surface area (Å²) in [5.74, 6) is -0.949. The van der Waals surface area contributed by atoms with Crippen molar-refractivity contribution in [2.45, 2.75) is 18.9 Å². The molecule has 7 heteroatoms. The first kappa shape index (κ1) is 13.8. The Bertz CT molecular complexity index is 650. The zero-order valence-electron chi connectivity index (χ0n) is 11.3. The number of carbonyl (C=O) groups excluding carboxylic acids is 1. The van der Waals surface area contributed by atoms with Crippen molar-refractivity contribution in [3.63, 3.8) is 0 Å². The Kier molecular flexibility index (Phi) is 3.74. The van der Waals surface area contributed by atoms with Gasteiger partial charge in [-0.3, -0.25) is 9.48 Å². The van der Waals surface area contributed by atoms with E-state index in [9.17, 15) is 9.59 Å². The van der Waals surface area contributed by atoms with Crippen molar-refractivity contribution in [1.29, 1.82) is 0 Å². The third kappa shape index (κ3) is 2.82. The van der Waals surface area contributed by atoms with Gasteiger partial charge in [-0.2, -0.15) is 16.4 Å². The van der Waals surface area contributed by atoms with E-state index in [4.69, 9.17) is 5.11 Å². The van der Waals surface area contributed by atoms with E-state index in [0.29, 0.717) is 12.1 Å². The summed E-state index contributed by atoms with van der Waals surface area (Å²) >= 11 is 1.51. The SMILES string of the molecule is O=C(O)c1cnn(C2CCCN(C(=O)c3ccsc3)C2)c1. The number of carbonyl (C=O) groups is 2. The van der Waals surface area contributed by atoms with Crippen LogP contribution in [0.25, 0.3) is 0 Å². The van der Waals surface area contributed by atoms with Gasteiger partial charge in [-0.25, -0.2) is 4.79 Å². The summed E-state index contributed by atoms with van der Waals surface area (Å²) in [7, 11) is 0. The minimum atomic E-state index is -0.983. The summed E-state index contributed by atoms with van der Waals surface area (Å²) < 4.78 is 1.66. The quantitative estimate of drug-likeness (QED) is 0.942. The van der Waals surface area contributed by atoms with E-state index in [2.05, 4.69) is 5.10 Å². The van der Waals surface area contributed by atoms with Gasteiger partial charge in [0.2, 0.25) is 0 Å². The van der Waals surface area contributed by atoms with Crippen molar-refractivity contribution in [3.8, 4) is 0 Å². The summed E-state index contributed by atoms with van der Waals surface area (Å²) in [5, 5.41) is 16.8. The topological polar surface area (TPSA) is 75.4 Å². The number of hydrogen-bond donors (Lipinski definition) is 1. The van der Waals surface area contributed by atoms with Gasteiger partial charge in [0.15, 0.2) is 0 Å². The number of piperidine rings is 1. The summed E-state index contributed by atoms with van der Waals surface area (Å²) in [4.78, 5) is 25.1. The molecule has 1 saturated heterocycles. The third-order valence-corrected chi connectivity index (χ3v) is 4.36. The molecular formula is C14H15N3O3S. The molecule has 1 amide bonds. The van der Waals surface area contributed by atoms with Crippen molar-refractivity contribution in [3.05, 3.63) is 40.3 Å². The first-order valence-electron chi connectivity index (χ1n) is 6.74. The van der Waals surface area contributed by atoms with Gasteiger partial charge in [0.05, 0.1) is 23.4 Å². The lowest BCUT2D eigenvalue weighted by molar-refractivity contribution is 0.0666. The van der Waals surface area contributed by atoms with Crippen molar-refractivity contribution in [2.24, 2.45) is 0 Å². The zero-order chi connectivity index (χ0) is 14.8. The van der Waals surface area contributed by atoms with Gasteiger partial charge in [-0.05, 0) is 24.3 Å². The van der Waals surface area contributed by atoms with Crippen LogP contribution in [0, 0.1) is 0 Å². The monoisotopic (exact) mass is 305 g/mol. The summed E-state index contributed by atoms with van der Waals surface area (Å²) in [5.41, 5.74) is 0.892. The molecule has 0 radical (unpaired) electrons. The van der Waals surface area contributed by atoms with Crippen molar-refractivity contribution >= 4 is 23.2 Å². The molecule has 3 rings (SSSR count). The lowest BCUT2D eigenvalue weighted by atomic mass is 10.1. The van der Waals surface area contributed by atoms with Crippen LogP contribution in [0.3, 0.4) is 0 Å². The number of carboxylic acids is 1. The maximum Gasteiger partial charge on any atom is 0.338 e. The van der Waals surface area contributed by atoms with E-state index in [-0.39, 0.29) is 17.5 Å². The fourth-order valence-electron chi connectivity index (χ4n) is 2.57. The minimum absolute atomic E-state index is 0.0339. The summed E-state index contributed by atoms with van der Waals surface area (Å²) in [6, 6.07) is 1.86. The number of carboxylic acid groups (broad SMARTS) is 1. The van der Waals surface area contributed by atoms with Crippen molar-refractivity contribution in [2.75, 3.05) is 13.1 Å². The molecule has 2 aromatic heterocycles. The average molecular weight is 305 g/mol. The smallest absolute Gasteiger partial charge is 0.338 e. The van der Waals surface area contributed by atoms with Crippen LogP contribution >= 0.6 is 11.3 Å². The highest BCUT2D eigenvalue weighted by Gasteiger charge is 2.26. The molecule has 0 bridgehead atoms. The number of aromatic nitrogens is 2. The maximum atomic E-state index is 12.4. The largest absolute Gasteiger partial charge is 0.478 e. The van der Waals surface area contributed by atoms with Gasteiger partial charge in [0.1, 0.15) is 0 Å². The number of amides is 1. The van der Waals surface area contributed by atoms with E-state index in [1.807, 2.05) is 21.7 Å². The van der Waals surface area contributed by atoms with Gasteiger partial charge in [-0.15, -0.1) is 0 Å². The number of nitrogens with zero attached hydrogens (tertiary/aromatic N) is 3. The highest BCUT2D eigenvalue weighted by atomic mass is 32.1. The molecule has 1 unspecified atom stereocenters. The summed E-state index contributed by atoms with van der Waals surface area (Å²) in [6.45, 7) is 1.30. The first-order chi connectivity index (χ1) is 10.1. The van der Waals surface area contributed by atoms with E-state index in [1.54, 1.807) is 4.68 Å². The van der Waals surface area contributed by atoms with Gasteiger partial charge in [0.25, 0.3) is 5.91 Å². The van der Waals surface area contributed by atoms with E-state index in [0.717, 1.165) is 19.4 Å². The Hall–Kier alpha value is -2.15. The fraction of sp³-hybridized carbons (Fsp3) is 0.357. The second-order valence-electron chi connectivity index (χ2n) is 5.07. The van der Waals surface area contributed by atoms with Crippen molar-refractivity contribution in [1.82, 2.24) is 14.7 Å². The van der Waals surface area contributed by atoms with Gasteiger partial charge < -0.3 is 10.0 Å². The second-order valence-corrected chi connectivity index (χ2v) is 5.85. The molecule has 0 saturated carbocycles. The summed E-state index contributed by atoms with van der Waals surface area (Å²) in [6.07, 6.45) is 4.67. The minimum Gasteiger partial charge on any atom is -0.478 e. The molecule has 1 aliphatic heterocycles. The highest BCUT2D eigenvalue weighted by molar-refractivity contribution is 7.08. The lowest BCUT2D eigenvalue weighted by Crippen LogP contribution is -2.40. The predicted octanol–water partition coefficient (Wildman–Crippen LogP) is 2.12. The number of hydrogen-bond acceptors (Lipinski definition) is 4. The van der Waals surface area contributed by atoms with Crippen molar-refractivity contribution < 1.29 is 14.7 Å². The molecule has 1 N–H and O–H groups in total. The molecular weight excluding hydrogens is 290 g/mol. The molecule has 0 aromatic carbocycles. The number of rotatable bonds is 3. The molecule has 3 heterocycles. The molecule has 1 atom stereocenters. The van der Waals surface area contributed by atoms with E-state index < -0.39 is 5.97 Å². The number of likely N-dealkylation sites (tertiary alicyclic amines) is 1. The van der Waals surface area contributed by atoms with E-state index >= 15 is 0 Å². The molecule has 6 nitrogen and oxygen atoms in total. The molecule has 2 aromatic rings. The zero-order valence-corrected chi connectivity index (χ0v) is 12.1. The Labute approximate surface area is 125 Å². The van der Waals surface area contributed by atoms with Gasteiger partial charge in [0, 0.05) is 24.7 Å². The van der Waals surface area contributed by atoms with Crippen LogP contribution in [-0.2, 0) is 0 Å². The van der Waals surface area contributed by atoms with Crippen LogP contribution in [0.1, 0.15) is 39.6 Å². The standard InChI is InChI=1S/C14H15N3O3S/c18-13(10-3-5-21-9-10)16-4-1-2-12(8-16)17-7-11(6-15-17)14(19)20/h3,5-7,9,12H,1-2,4,8H2,(H,19,20). The third-order valence-electron chi connectivity index (χ3n) is 3.67. The molecule has 110 valence electrons. The lowest BCUT2D eigenvalue weighted by Gasteiger charge is -2.32. The van der Waals surface area contributed by atoms with Crippen LogP contribution in [0.5, 0.6) is 0 Å². The predicted molar refractivity (Wildman–Crippen MR) is 77.7 cm³/mol. The molecule has 1 fully saturated rings. The van der Waals surface area contributed by atoms with E-state index in [1.165, 1.54) is 23.7 Å². The highest BCUT2D eigenvalue weighted by Crippen LogP contribution is 2.23. The maximum absolute atomic E-state index is 12.4. The molecule has 0 spiro atoms. The first-order valence-corrected chi connectivity index (χ1v) is 7.68. The molecule has 0 aliphatic carbocycles. The van der Waals surface area contributed by atoms with Gasteiger partial charge in [-0.1, -0.05) is 0 Å². The van der Waals surface area contributed by atoms with Crippen LogP contribution in [0.4, 0.5) is 0 Å². The number of thiophene rings is 1. The average Bonchev–Trinajstić information content (AvgIpc) is 3.18. The van der Waals surface area contributed by atoms with Crippen LogP contribution < -0.4 is 0 Å². The van der Waals surface area contributed by atoms with Crippen LogP contribution in [0.15, 0.2) is 29.2 Å². The Balaban J connectivity index is 1.73. The van der Waals surface area contributed by atoms with Crippen LogP contribution in [-0.4, -0.2) is 44.8 Å². The molecule has 21 heavy (non-hydrogen) atoms. The number of aromatic carboxylic acids is 1. The Morgan fingerprint density at radius 2 is 2.24 bits per heavy atom. The Morgan fingerprint density at radius 3 is 2.90 bits per heavy atom. The Morgan fingerprint density at radius 1 is 1.38 bits per heavy atom. The second kappa shape index (κ2) is 5.69.